The molecule has 1 fully saturated rings. The second-order valence-electron chi connectivity index (χ2n) is 4.43. The third-order valence-corrected chi connectivity index (χ3v) is 4.94. The molecule has 7 nitrogen and oxygen atoms in total. The maximum atomic E-state index is 12.2. The SMILES string of the molecule is Cc1nn(C)c(NS(=O)(=O)C2CCOCC2)c1N. The first-order valence-corrected chi connectivity index (χ1v) is 7.35. The fourth-order valence-corrected chi connectivity index (χ4v) is 3.49. The molecular weight excluding hydrogens is 256 g/mol. The summed E-state index contributed by atoms with van der Waals surface area (Å²) in [4.78, 5) is 0. The Hall–Kier alpha value is -1.28. The highest BCUT2D eigenvalue weighted by atomic mass is 32.2. The monoisotopic (exact) mass is 274 g/mol. The van der Waals surface area contributed by atoms with Crippen LogP contribution in [0.25, 0.3) is 0 Å². The number of sulfonamides is 1. The van der Waals surface area contributed by atoms with Gasteiger partial charge in [-0.1, -0.05) is 0 Å². The summed E-state index contributed by atoms with van der Waals surface area (Å²) in [6.07, 6.45) is 1.01. The van der Waals surface area contributed by atoms with Gasteiger partial charge >= 0.3 is 0 Å². The minimum Gasteiger partial charge on any atom is -0.394 e. The topological polar surface area (TPSA) is 99.2 Å². The molecule has 1 aromatic heterocycles. The zero-order chi connectivity index (χ0) is 13.3. The van der Waals surface area contributed by atoms with Crippen LogP contribution in [-0.2, 0) is 21.8 Å². The molecule has 102 valence electrons. The summed E-state index contributed by atoms with van der Waals surface area (Å²) in [5, 5.41) is 3.65. The van der Waals surface area contributed by atoms with E-state index in [1.165, 1.54) is 4.68 Å². The summed E-state index contributed by atoms with van der Waals surface area (Å²) in [6.45, 7) is 2.69. The summed E-state index contributed by atoms with van der Waals surface area (Å²) in [5.74, 6) is 0.332. The van der Waals surface area contributed by atoms with E-state index in [0.717, 1.165) is 0 Å². The first kappa shape index (κ1) is 13.2. The van der Waals surface area contributed by atoms with Gasteiger partial charge in [-0.25, -0.2) is 13.1 Å². The number of aromatic nitrogens is 2. The Balaban J connectivity index is 2.21. The maximum Gasteiger partial charge on any atom is 0.236 e. The van der Waals surface area contributed by atoms with E-state index < -0.39 is 15.3 Å². The highest BCUT2D eigenvalue weighted by molar-refractivity contribution is 7.93. The van der Waals surface area contributed by atoms with Gasteiger partial charge in [0.25, 0.3) is 0 Å². The van der Waals surface area contributed by atoms with Crippen molar-refractivity contribution in [1.82, 2.24) is 9.78 Å². The van der Waals surface area contributed by atoms with Crippen LogP contribution in [0.4, 0.5) is 11.5 Å². The lowest BCUT2D eigenvalue weighted by Gasteiger charge is -2.22. The molecule has 0 saturated carbocycles. The van der Waals surface area contributed by atoms with Crippen LogP contribution >= 0.6 is 0 Å². The predicted octanol–water partition coefficient (Wildman–Crippen LogP) is 0.231. The molecule has 3 N–H and O–H groups in total. The number of nitrogens with zero attached hydrogens (tertiary/aromatic N) is 2. The van der Waals surface area contributed by atoms with Crippen LogP contribution in [0.5, 0.6) is 0 Å². The molecule has 0 unspecified atom stereocenters. The van der Waals surface area contributed by atoms with Crippen molar-refractivity contribution in [2.24, 2.45) is 7.05 Å². The van der Waals surface area contributed by atoms with Crippen molar-refractivity contribution in [2.45, 2.75) is 25.0 Å². The molecule has 0 bridgehead atoms. The van der Waals surface area contributed by atoms with Gasteiger partial charge in [0.15, 0.2) is 5.82 Å². The van der Waals surface area contributed by atoms with E-state index in [-0.39, 0.29) is 0 Å². The largest absolute Gasteiger partial charge is 0.394 e. The van der Waals surface area contributed by atoms with Crippen molar-refractivity contribution in [3.05, 3.63) is 5.69 Å². The molecule has 0 atom stereocenters. The van der Waals surface area contributed by atoms with E-state index in [1.807, 2.05) is 0 Å². The van der Waals surface area contributed by atoms with Gasteiger partial charge in [-0.05, 0) is 19.8 Å². The number of rotatable bonds is 3. The molecule has 0 aromatic carbocycles. The minimum atomic E-state index is -3.44. The zero-order valence-corrected chi connectivity index (χ0v) is 11.3. The number of ether oxygens (including phenoxy) is 1. The van der Waals surface area contributed by atoms with Gasteiger partial charge < -0.3 is 10.5 Å². The number of nitrogen functional groups attached to an aromatic ring is 1. The quantitative estimate of drug-likeness (QED) is 0.822. The number of aryl methyl sites for hydroxylation is 2. The van der Waals surface area contributed by atoms with E-state index in [9.17, 15) is 8.42 Å². The summed E-state index contributed by atoms with van der Waals surface area (Å²) in [7, 11) is -1.78. The first-order chi connectivity index (χ1) is 8.42. The molecule has 2 rings (SSSR count). The standard InChI is InChI=1S/C10H18N4O3S/c1-7-9(11)10(14(2)12-7)13-18(15,16)8-3-5-17-6-4-8/h8,13H,3-6,11H2,1-2H3. The van der Waals surface area contributed by atoms with Gasteiger partial charge in [0.05, 0.1) is 16.6 Å². The molecule has 0 amide bonds. The second-order valence-corrected chi connectivity index (χ2v) is 6.39. The molecular formula is C10H18N4O3S. The molecule has 0 radical (unpaired) electrons. The summed E-state index contributed by atoms with van der Waals surface area (Å²) in [5.41, 5.74) is 6.79. The van der Waals surface area contributed by atoms with Crippen LogP contribution in [-0.4, -0.2) is 36.7 Å². The Morgan fingerprint density at radius 1 is 1.44 bits per heavy atom. The molecule has 1 aliphatic heterocycles. The second kappa shape index (κ2) is 4.77. The van der Waals surface area contributed by atoms with Gasteiger partial charge in [0.1, 0.15) is 0 Å². The maximum absolute atomic E-state index is 12.2. The lowest BCUT2D eigenvalue weighted by atomic mass is 10.2. The summed E-state index contributed by atoms with van der Waals surface area (Å²) in [6, 6.07) is 0. The molecule has 1 aliphatic rings. The number of nitrogens with two attached hydrogens (primary N) is 1. The predicted molar refractivity (Wildman–Crippen MR) is 68.7 cm³/mol. The Labute approximate surface area is 106 Å². The number of hydrogen-bond donors (Lipinski definition) is 2. The Kier molecular flexibility index (Phi) is 3.49. The van der Waals surface area contributed by atoms with Crippen molar-refractivity contribution >= 4 is 21.5 Å². The summed E-state index contributed by atoms with van der Waals surface area (Å²) >= 11 is 0. The average molecular weight is 274 g/mol. The Morgan fingerprint density at radius 2 is 2.06 bits per heavy atom. The van der Waals surface area contributed by atoms with Crippen LogP contribution < -0.4 is 10.5 Å². The van der Waals surface area contributed by atoms with Crippen LogP contribution in [0.3, 0.4) is 0 Å². The van der Waals surface area contributed by atoms with Crippen LogP contribution in [0, 0.1) is 6.92 Å². The van der Waals surface area contributed by atoms with Crippen LogP contribution in [0.15, 0.2) is 0 Å². The van der Waals surface area contributed by atoms with Crippen LogP contribution in [0.1, 0.15) is 18.5 Å². The number of nitrogens with one attached hydrogen (secondary N) is 1. The van der Waals surface area contributed by atoms with Gasteiger partial charge in [-0.15, -0.1) is 0 Å². The molecule has 1 aromatic rings. The third-order valence-electron chi connectivity index (χ3n) is 3.11. The van der Waals surface area contributed by atoms with Crippen molar-refractivity contribution in [1.29, 1.82) is 0 Å². The van der Waals surface area contributed by atoms with E-state index in [4.69, 9.17) is 10.5 Å². The third kappa shape index (κ3) is 2.44. The normalized spacial score (nSPS) is 17.9. The molecule has 2 heterocycles. The molecule has 0 aliphatic carbocycles. The highest BCUT2D eigenvalue weighted by Gasteiger charge is 2.29. The number of hydrogen-bond acceptors (Lipinski definition) is 5. The fraction of sp³-hybridized carbons (Fsp3) is 0.700. The van der Waals surface area contributed by atoms with Gasteiger partial charge in [0, 0.05) is 20.3 Å². The number of anilines is 2. The van der Waals surface area contributed by atoms with E-state index in [2.05, 4.69) is 9.82 Å². The smallest absolute Gasteiger partial charge is 0.236 e. The fourth-order valence-electron chi connectivity index (χ4n) is 2.00. The zero-order valence-electron chi connectivity index (χ0n) is 10.5. The van der Waals surface area contributed by atoms with Gasteiger partial charge in [-0.2, -0.15) is 5.10 Å². The van der Waals surface area contributed by atoms with Crippen molar-refractivity contribution in [3.63, 3.8) is 0 Å². The van der Waals surface area contributed by atoms with Crippen molar-refractivity contribution in [3.8, 4) is 0 Å². The lowest BCUT2D eigenvalue weighted by Crippen LogP contribution is -2.33. The molecule has 0 spiro atoms. The highest BCUT2D eigenvalue weighted by Crippen LogP contribution is 2.25. The van der Waals surface area contributed by atoms with E-state index in [0.29, 0.717) is 43.3 Å². The van der Waals surface area contributed by atoms with Crippen molar-refractivity contribution in [2.75, 3.05) is 23.7 Å². The molecule has 1 saturated heterocycles. The Morgan fingerprint density at radius 3 is 2.56 bits per heavy atom. The summed E-state index contributed by atoms with van der Waals surface area (Å²) < 4.78 is 33.6. The van der Waals surface area contributed by atoms with Crippen molar-refractivity contribution < 1.29 is 13.2 Å². The molecule has 18 heavy (non-hydrogen) atoms. The van der Waals surface area contributed by atoms with E-state index in [1.54, 1.807) is 14.0 Å². The Bertz CT molecular complexity index is 532. The minimum absolute atomic E-state index is 0.332. The van der Waals surface area contributed by atoms with Crippen LogP contribution in [0.2, 0.25) is 0 Å². The van der Waals surface area contributed by atoms with Gasteiger partial charge in [-0.3, -0.25) is 4.72 Å². The average Bonchev–Trinajstić information content (AvgIpc) is 2.57. The molecule has 8 heteroatoms. The lowest BCUT2D eigenvalue weighted by molar-refractivity contribution is 0.0984. The van der Waals surface area contributed by atoms with Gasteiger partial charge in [0.2, 0.25) is 10.0 Å². The van der Waals surface area contributed by atoms with E-state index >= 15 is 0 Å². The first-order valence-electron chi connectivity index (χ1n) is 5.80.